The number of benzene rings is 4. The lowest BCUT2D eigenvalue weighted by Gasteiger charge is -2.11. The average molecular weight is 392 g/mol. The highest BCUT2D eigenvalue weighted by atomic mass is 16.6. The van der Waals surface area contributed by atoms with E-state index < -0.39 is 0 Å². The SMILES string of the molecule is O=[N+]([O-])c1c(-c2ccccc2)cc(-c2onc3ccccc23)cc1-c1ccccc1. The summed E-state index contributed by atoms with van der Waals surface area (Å²) >= 11 is 0. The Labute approximate surface area is 172 Å². The van der Waals surface area contributed by atoms with E-state index in [4.69, 9.17) is 4.52 Å². The second-order valence-corrected chi connectivity index (χ2v) is 6.94. The fraction of sp³-hybridized carbons (Fsp3) is 0. The Hall–Kier alpha value is -4.25. The molecule has 0 radical (unpaired) electrons. The minimum Gasteiger partial charge on any atom is -0.355 e. The third-order valence-electron chi connectivity index (χ3n) is 5.11. The van der Waals surface area contributed by atoms with Crippen molar-refractivity contribution in [3.05, 3.63) is 107 Å². The van der Waals surface area contributed by atoms with Gasteiger partial charge in [0.1, 0.15) is 5.52 Å². The Morgan fingerprint density at radius 2 is 1.23 bits per heavy atom. The van der Waals surface area contributed by atoms with E-state index in [0.717, 1.165) is 27.6 Å². The van der Waals surface area contributed by atoms with Crippen molar-refractivity contribution in [2.75, 3.05) is 0 Å². The van der Waals surface area contributed by atoms with Crippen LogP contribution in [0, 0.1) is 10.1 Å². The molecule has 0 saturated carbocycles. The van der Waals surface area contributed by atoms with Crippen LogP contribution >= 0.6 is 0 Å². The second kappa shape index (κ2) is 7.29. The maximum atomic E-state index is 12.2. The highest BCUT2D eigenvalue weighted by molar-refractivity contribution is 5.96. The van der Waals surface area contributed by atoms with Crippen LogP contribution < -0.4 is 0 Å². The van der Waals surface area contributed by atoms with Crippen molar-refractivity contribution in [3.8, 4) is 33.6 Å². The van der Waals surface area contributed by atoms with Crippen molar-refractivity contribution in [2.45, 2.75) is 0 Å². The molecule has 1 aromatic heterocycles. The highest BCUT2D eigenvalue weighted by Crippen LogP contribution is 2.43. The standard InChI is InChI=1S/C25H16N2O3/c28-27(29)24-21(17-9-3-1-4-10-17)15-19(16-22(24)18-11-5-2-6-12-18)25-20-13-7-8-14-23(20)26-30-25/h1-16H. The smallest absolute Gasteiger partial charge is 0.284 e. The van der Waals surface area contributed by atoms with E-state index >= 15 is 0 Å². The van der Waals surface area contributed by atoms with Gasteiger partial charge in [0, 0.05) is 10.9 Å². The molecule has 0 bridgehead atoms. The summed E-state index contributed by atoms with van der Waals surface area (Å²) in [6.45, 7) is 0. The summed E-state index contributed by atoms with van der Waals surface area (Å²) in [7, 11) is 0. The van der Waals surface area contributed by atoms with Gasteiger partial charge in [-0.15, -0.1) is 0 Å². The number of fused-ring (bicyclic) bond motifs is 1. The molecule has 5 heteroatoms. The zero-order valence-corrected chi connectivity index (χ0v) is 15.9. The van der Waals surface area contributed by atoms with Crippen LogP contribution in [0.3, 0.4) is 0 Å². The van der Waals surface area contributed by atoms with Crippen LogP contribution in [0.25, 0.3) is 44.5 Å². The number of nitro groups is 1. The zero-order chi connectivity index (χ0) is 20.5. The van der Waals surface area contributed by atoms with Gasteiger partial charge in [-0.1, -0.05) is 78.0 Å². The average Bonchev–Trinajstić information content (AvgIpc) is 3.23. The van der Waals surface area contributed by atoms with Gasteiger partial charge in [0.25, 0.3) is 5.69 Å². The fourth-order valence-corrected chi connectivity index (χ4v) is 3.74. The van der Waals surface area contributed by atoms with E-state index in [0.29, 0.717) is 16.9 Å². The van der Waals surface area contributed by atoms with Crippen LogP contribution in [0.5, 0.6) is 0 Å². The molecule has 5 aromatic rings. The van der Waals surface area contributed by atoms with E-state index in [1.807, 2.05) is 97.1 Å². The molecule has 5 rings (SSSR count). The summed E-state index contributed by atoms with van der Waals surface area (Å²) in [5.41, 5.74) is 4.18. The molecule has 5 nitrogen and oxygen atoms in total. The Morgan fingerprint density at radius 1 is 0.700 bits per heavy atom. The van der Waals surface area contributed by atoms with Crippen LogP contribution in [0.1, 0.15) is 0 Å². The first-order valence-electron chi connectivity index (χ1n) is 9.50. The number of nitro benzene ring substituents is 1. The first kappa shape index (κ1) is 17.8. The molecule has 0 aliphatic carbocycles. The highest BCUT2D eigenvalue weighted by Gasteiger charge is 2.25. The molecule has 0 aliphatic rings. The van der Waals surface area contributed by atoms with Gasteiger partial charge in [0.15, 0.2) is 5.76 Å². The number of nitrogens with zero attached hydrogens (tertiary/aromatic N) is 2. The van der Waals surface area contributed by atoms with Crippen LogP contribution in [-0.2, 0) is 0 Å². The third kappa shape index (κ3) is 3.02. The molecule has 0 saturated heterocycles. The largest absolute Gasteiger partial charge is 0.355 e. The monoisotopic (exact) mass is 392 g/mol. The van der Waals surface area contributed by atoms with Crippen molar-refractivity contribution in [1.82, 2.24) is 5.16 Å². The van der Waals surface area contributed by atoms with Gasteiger partial charge in [-0.3, -0.25) is 10.1 Å². The summed E-state index contributed by atoms with van der Waals surface area (Å²) in [6, 6.07) is 30.0. The lowest BCUT2D eigenvalue weighted by Crippen LogP contribution is -1.97. The van der Waals surface area contributed by atoms with Gasteiger partial charge >= 0.3 is 0 Å². The molecule has 0 N–H and O–H groups in total. The summed E-state index contributed by atoms with van der Waals surface area (Å²) in [5.74, 6) is 0.592. The molecule has 1 heterocycles. The molecule has 30 heavy (non-hydrogen) atoms. The minimum absolute atomic E-state index is 0.0694. The van der Waals surface area contributed by atoms with Crippen LogP contribution in [-0.4, -0.2) is 10.1 Å². The van der Waals surface area contributed by atoms with Gasteiger partial charge in [-0.05, 0) is 35.4 Å². The number of hydrogen-bond acceptors (Lipinski definition) is 4. The Balaban J connectivity index is 1.86. The van der Waals surface area contributed by atoms with Gasteiger partial charge in [-0.2, -0.15) is 0 Å². The maximum Gasteiger partial charge on any atom is 0.284 e. The zero-order valence-electron chi connectivity index (χ0n) is 15.9. The number of rotatable bonds is 4. The number of aromatic nitrogens is 1. The van der Waals surface area contributed by atoms with Crippen LogP contribution in [0.4, 0.5) is 5.69 Å². The van der Waals surface area contributed by atoms with Gasteiger partial charge < -0.3 is 4.52 Å². The molecule has 144 valence electrons. The number of hydrogen-bond donors (Lipinski definition) is 0. The Morgan fingerprint density at radius 3 is 1.80 bits per heavy atom. The Kier molecular flexibility index (Phi) is 4.33. The van der Waals surface area contributed by atoms with Crippen molar-refractivity contribution in [1.29, 1.82) is 0 Å². The summed E-state index contributed by atoms with van der Waals surface area (Å²) in [4.78, 5) is 11.9. The molecule has 0 amide bonds. The molecule has 0 aliphatic heterocycles. The van der Waals surface area contributed by atoms with E-state index in [2.05, 4.69) is 5.16 Å². The predicted octanol–water partition coefficient (Wildman–Crippen LogP) is 6.74. The van der Waals surface area contributed by atoms with Crippen molar-refractivity contribution in [2.24, 2.45) is 0 Å². The summed E-state index contributed by atoms with van der Waals surface area (Å²) in [6.07, 6.45) is 0. The van der Waals surface area contributed by atoms with E-state index in [1.165, 1.54) is 0 Å². The van der Waals surface area contributed by atoms with Crippen LogP contribution in [0.2, 0.25) is 0 Å². The first-order valence-corrected chi connectivity index (χ1v) is 9.50. The lowest BCUT2D eigenvalue weighted by atomic mass is 9.92. The van der Waals surface area contributed by atoms with Gasteiger partial charge in [0.05, 0.1) is 16.1 Å². The fourth-order valence-electron chi connectivity index (χ4n) is 3.74. The summed E-state index contributed by atoms with van der Waals surface area (Å²) in [5, 5.41) is 17.2. The van der Waals surface area contributed by atoms with E-state index in [1.54, 1.807) is 0 Å². The first-order chi connectivity index (χ1) is 14.7. The normalized spacial score (nSPS) is 10.9. The molecule has 0 atom stereocenters. The lowest BCUT2D eigenvalue weighted by molar-refractivity contribution is -0.383. The van der Waals surface area contributed by atoms with Crippen molar-refractivity contribution in [3.63, 3.8) is 0 Å². The van der Waals surface area contributed by atoms with Crippen molar-refractivity contribution >= 4 is 16.6 Å². The molecular formula is C25H16N2O3. The molecule has 0 unspecified atom stereocenters. The van der Waals surface area contributed by atoms with Crippen LogP contribution in [0.15, 0.2) is 102 Å². The van der Waals surface area contributed by atoms with Gasteiger partial charge in [-0.25, -0.2) is 0 Å². The summed E-state index contributed by atoms with van der Waals surface area (Å²) < 4.78 is 5.66. The predicted molar refractivity (Wildman–Crippen MR) is 117 cm³/mol. The second-order valence-electron chi connectivity index (χ2n) is 6.94. The maximum absolute atomic E-state index is 12.2. The third-order valence-corrected chi connectivity index (χ3v) is 5.11. The molecule has 4 aromatic carbocycles. The van der Waals surface area contributed by atoms with Crippen molar-refractivity contribution < 1.29 is 9.45 Å². The topological polar surface area (TPSA) is 69.2 Å². The van der Waals surface area contributed by atoms with E-state index in [-0.39, 0.29) is 10.6 Å². The minimum atomic E-state index is -0.313. The Bertz CT molecular complexity index is 1300. The molecular weight excluding hydrogens is 376 g/mol. The quantitative estimate of drug-likeness (QED) is 0.251. The van der Waals surface area contributed by atoms with E-state index in [9.17, 15) is 10.1 Å². The van der Waals surface area contributed by atoms with Gasteiger partial charge in [0.2, 0.25) is 0 Å². The molecule has 0 fully saturated rings. The molecule has 0 spiro atoms.